The molecular formula is C47H76O18. The highest BCUT2D eigenvalue weighted by Gasteiger charge is 2.79. The van der Waals surface area contributed by atoms with E-state index in [2.05, 4.69) is 46.8 Å². The number of hydrogen-bond donors (Lipinski definition) is 11. The van der Waals surface area contributed by atoms with E-state index in [1.165, 1.54) is 0 Å². The van der Waals surface area contributed by atoms with Gasteiger partial charge in [-0.25, -0.2) is 0 Å². The summed E-state index contributed by atoms with van der Waals surface area (Å²) in [6, 6.07) is 0. The van der Waals surface area contributed by atoms with E-state index in [4.69, 9.17) is 33.2 Å². The first-order valence-electron chi connectivity index (χ1n) is 24.1. The molecule has 0 unspecified atom stereocenters. The Labute approximate surface area is 380 Å². The smallest absolute Gasteiger partial charge is 0.187 e. The topological polar surface area (TPSA) is 287 Å². The van der Waals surface area contributed by atoms with Gasteiger partial charge in [-0.15, -0.1) is 0 Å². The third-order valence-electron chi connectivity index (χ3n) is 20.0. The van der Waals surface area contributed by atoms with Crippen LogP contribution in [0.5, 0.6) is 0 Å². The number of fused-ring (bicyclic) bond motifs is 4. The minimum absolute atomic E-state index is 0.0619. The van der Waals surface area contributed by atoms with Crippen LogP contribution in [0, 0.1) is 56.7 Å². The molecule has 11 N–H and O–H groups in total. The van der Waals surface area contributed by atoms with E-state index in [1.54, 1.807) is 0 Å². The van der Waals surface area contributed by atoms with Crippen molar-refractivity contribution in [3.05, 3.63) is 12.2 Å². The summed E-state index contributed by atoms with van der Waals surface area (Å²) >= 11 is 0. The Kier molecular flexibility index (Phi) is 12.9. The zero-order valence-electron chi connectivity index (χ0n) is 38.5. The average molecular weight is 929 g/mol. The molecule has 4 heterocycles. The predicted molar refractivity (Wildman–Crippen MR) is 225 cm³/mol. The molecule has 5 aliphatic carbocycles. The van der Waals surface area contributed by atoms with Gasteiger partial charge < -0.3 is 89.3 Å². The first kappa shape index (κ1) is 49.0. The standard InChI is InChI=1S/C47H76O18/c1-21-7-13-46-20-60-47(38(46)22(21)2)14-9-27-42(3)11-10-29(43(4,19-50)26(42)8-12-44(27,5)45(47,6)15-28(46)52)63-40-36(33(56)31(54)24(16-48)61-40)65-41-37(34(57)32(55)25(17-49)62-41)64-39-35(58)30(53)23(51)18-59-39/h9,14,21-41,48-58H,7-8,10-13,15-20H2,1-6H3/t21-,22+,23-,24-,25-,26+,27-,28-,29+,30+,31-,32-,33+,34+,35-,36-,37-,38-,39+,40+,41+,42+,43+,44-,45+,46-,47-/m1/s1. The third kappa shape index (κ3) is 6.85. The van der Waals surface area contributed by atoms with Crippen LogP contribution in [0.2, 0.25) is 0 Å². The maximum Gasteiger partial charge on any atom is 0.187 e. The van der Waals surface area contributed by atoms with Crippen LogP contribution in [0.4, 0.5) is 0 Å². The van der Waals surface area contributed by atoms with Gasteiger partial charge in [0.2, 0.25) is 0 Å². The molecule has 4 aliphatic heterocycles. The summed E-state index contributed by atoms with van der Waals surface area (Å²) in [5.41, 5.74) is -2.66. The second-order valence-corrected chi connectivity index (χ2v) is 22.8. The lowest BCUT2D eigenvalue weighted by molar-refractivity contribution is -0.395. The maximum atomic E-state index is 12.3. The Hall–Kier alpha value is -0.980. The number of rotatable bonds is 9. The van der Waals surface area contributed by atoms with Gasteiger partial charge in [-0.05, 0) is 79.4 Å². The molecule has 4 saturated heterocycles. The molecule has 65 heavy (non-hydrogen) atoms. The normalized spacial score (nSPS) is 59.8. The van der Waals surface area contributed by atoms with Gasteiger partial charge in [0.05, 0.1) is 50.8 Å². The quantitative estimate of drug-likeness (QED) is 0.0984. The molecule has 0 aromatic heterocycles. The fraction of sp³-hybridized carbons (Fsp3) is 0.957. The fourth-order valence-corrected chi connectivity index (χ4v) is 15.8. The van der Waals surface area contributed by atoms with Gasteiger partial charge in [-0.2, -0.15) is 0 Å². The number of hydrogen-bond acceptors (Lipinski definition) is 18. The number of aliphatic hydroxyl groups excluding tert-OH is 11. The molecule has 0 radical (unpaired) electrons. The lowest BCUT2D eigenvalue weighted by Crippen LogP contribution is -2.73. The van der Waals surface area contributed by atoms with Gasteiger partial charge in [-0.3, -0.25) is 0 Å². The Morgan fingerprint density at radius 3 is 1.91 bits per heavy atom. The van der Waals surface area contributed by atoms with Crippen molar-refractivity contribution in [3.63, 3.8) is 0 Å². The highest BCUT2D eigenvalue weighted by atomic mass is 16.8. The average Bonchev–Trinajstić information content (AvgIpc) is 3.59. The summed E-state index contributed by atoms with van der Waals surface area (Å²) in [4.78, 5) is 0. The van der Waals surface area contributed by atoms with Crippen LogP contribution < -0.4 is 0 Å². The molecule has 372 valence electrons. The van der Waals surface area contributed by atoms with Crippen molar-refractivity contribution >= 4 is 0 Å². The van der Waals surface area contributed by atoms with Crippen molar-refractivity contribution < 1.29 is 89.3 Å². The molecule has 0 aromatic rings. The summed E-state index contributed by atoms with van der Waals surface area (Å²) in [5.74, 6) is 1.06. The van der Waals surface area contributed by atoms with Gasteiger partial charge in [0.15, 0.2) is 18.9 Å². The number of allylic oxidation sites excluding steroid dienone is 1. The second-order valence-electron chi connectivity index (χ2n) is 22.8. The van der Waals surface area contributed by atoms with Gasteiger partial charge in [0, 0.05) is 22.2 Å². The highest BCUT2D eigenvalue weighted by molar-refractivity contribution is 5.36. The Balaban J connectivity index is 1.00. The van der Waals surface area contributed by atoms with Gasteiger partial charge >= 0.3 is 0 Å². The summed E-state index contributed by atoms with van der Waals surface area (Å²) in [6.45, 7) is 12.1. The molecule has 18 nitrogen and oxygen atoms in total. The Morgan fingerprint density at radius 2 is 1.29 bits per heavy atom. The summed E-state index contributed by atoms with van der Waals surface area (Å²) < 4.78 is 43.5. The molecule has 0 aromatic carbocycles. The lowest BCUT2D eigenvalue weighted by atomic mass is 9.31. The van der Waals surface area contributed by atoms with E-state index in [1.807, 2.05) is 6.92 Å². The van der Waals surface area contributed by atoms with Gasteiger partial charge in [-0.1, -0.05) is 53.7 Å². The van der Waals surface area contributed by atoms with Crippen molar-refractivity contribution in [3.8, 4) is 0 Å². The molecule has 9 aliphatic rings. The van der Waals surface area contributed by atoms with E-state index in [9.17, 15) is 56.2 Å². The van der Waals surface area contributed by atoms with Crippen molar-refractivity contribution in [2.75, 3.05) is 33.0 Å². The second kappa shape index (κ2) is 17.1. The SMILES string of the molecule is C[C@H]1[C@H](C)CC[C@@]23CO[C@]4(C=C[C@@H]5[C@@]6(C)CC[C@H](O[C@@H]7O[C@H](CO)[C@@H](O)[C@H](O)[C@H]7O[C@@H]7O[C@H](CO)[C@@H](O)[C@H](O)[C@H]7O[C@@H]7OC[C@@H](O)[C@H](O)[C@H]7O)[C@@](C)(CO)[C@H]6CC[C@@]5(C)[C@]4(C)C[C@H]2O)[C@H]13. The summed E-state index contributed by atoms with van der Waals surface area (Å²) in [5, 5.41) is 120. The van der Waals surface area contributed by atoms with Crippen LogP contribution in [0.1, 0.15) is 86.5 Å². The first-order valence-corrected chi connectivity index (χ1v) is 24.1. The minimum atomic E-state index is -1.85. The van der Waals surface area contributed by atoms with E-state index < -0.39 is 129 Å². The molecule has 0 amide bonds. The van der Waals surface area contributed by atoms with E-state index in [0.29, 0.717) is 37.7 Å². The number of ether oxygens (including phenoxy) is 7. The predicted octanol–water partition coefficient (Wildman–Crippen LogP) is -0.931. The highest BCUT2D eigenvalue weighted by Crippen LogP contribution is 2.79. The zero-order chi connectivity index (χ0) is 47.0. The Morgan fingerprint density at radius 1 is 0.677 bits per heavy atom. The zero-order valence-corrected chi connectivity index (χ0v) is 38.5. The van der Waals surface area contributed by atoms with Crippen molar-refractivity contribution in [2.24, 2.45) is 56.7 Å². The van der Waals surface area contributed by atoms with Crippen LogP contribution in [0.25, 0.3) is 0 Å². The molecule has 4 saturated carbocycles. The van der Waals surface area contributed by atoms with Crippen molar-refractivity contribution in [1.29, 1.82) is 0 Å². The number of aliphatic hydroxyl groups is 11. The van der Waals surface area contributed by atoms with E-state index in [-0.39, 0.29) is 46.0 Å². The Bertz CT molecular complexity index is 1760. The molecule has 8 fully saturated rings. The molecular weight excluding hydrogens is 852 g/mol. The van der Waals surface area contributed by atoms with E-state index in [0.717, 1.165) is 25.7 Å². The lowest BCUT2D eigenvalue weighted by Gasteiger charge is -2.73. The van der Waals surface area contributed by atoms with Crippen LogP contribution in [-0.2, 0) is 33.2 Å². The summed E-state index contributed by atoms with van der Waals surface area (Å²) in [7, 11) is 0. The van der Waals surface area contributed by atoms with Gasteiger partial charge in [0.1, 0.15) is 67.1 Å². The minimum Gasteiger partial charge on any atom is -0.396 e. The largest absolute Gasteiger partial charge is 0.396 e. The van der Waals surface area contributed by atoms with Crippen LogP contribution in [0.3, 0.4) is 0 Å². The van der Waals surface area contributed by atoms with Crippen LogP contribution >= 0.6 is 0 Å². The molecule has 1 spiro atoms. The molecule has 27 atom stereocenters. The van der Waals surface area contributed by atoms with Crippen molar-refractivity contribution in [2.45, 2.75) is 190 Å². The fourth-order valence-electron chi connectivity index (χ4n) is 15.8. The molecule has 18 heteroatoms. The third-order valence-corrected chi connectivity index (χ3v) is 20.0. The van der Waals surface area contributed by atoms with E-state index >= 15 is 0 Å². The monoisotopic (exact) mass is 929 g/mol. The first-order chi connectivity index (χ1) is 30.6. The van der Waals surface area contributed by atoms with Crippen LogP contribution in [-0.4, -0.2) is 193 Å². The van der Waals surface area contributed by atoms with Crippen LogP contribution in [0.15, 0.2) is 12.2 Å². The van der Waals surface area contributed by atoms with Gasteiger partial charge in [0.25, 0.3) is 0 Å². The van der Waals surface area contributed by atoms with Crippen molar-refractivity contribution in [1.82, 2.24) is 0 Å². The molecule has 2 bridgehead atoms. The molecule has 9 rings (SSSR count). The maximum absolute atomic E-state index is 12.3. The summed E-state index contributed by atoms with van der Waals surface area (Å²) in [6.07, 6.45) is -14.1.